The summed E-state index contributed by atoms with van der Waals surface area (Å²) < 4.78 is 0. The van der Waals surface area contributed by atoms with Gasteiger partial charge in [-0.2, -0.15) is 0 Å². The van der Waals surface area contributed by atoms with Crippen LogP contribution >= 0.6 is 0 Å². The summed E-state index contributed by atoms with van der Waals surface area (Å²) in [5.41, 5.74) is 1.34. The third-order valence-corrected chi connectivity index (χ3v) is 1.50. The van der Waals surface area contributed by atoms with Crippen LogP contribution in [0.25, 0.3) is 0 Å². The van der Waals surface area contributed by atoms with Crippen LogP contribution in [-0.2, 0) is 4.79 Å². The molecule has 11 heavy (non-hydrogen) atoms. The Hall–Kier alpha value is -0.790. The summed E-state index contributed by atoms with van der Waals surface area (Å²) in [7, 11) is 0. The zero-order valence-corrected chi connectivity index (χ0v) is 7.55. The van der Waals surface area contributed by atoms with Gasteiger partial charge in [-0.25, -0.2) is 0 Å². The Labute approximate surface area is 68.7 Å². The van der Waals surface area contributed by atoms with Crippen molar-refractivity contribution >= 4 is 6.41 Å². The molecule has 1 atom stereocenters. The van der Waals surface area contributed by atoms with E-state index < -0.39 is 0 Å². The van der Waals surface area contributed by atoms with Crippen molar-refractivity contribution < 1.29 is 4.79 Å². The van der Waals surface area contributed by atoms with Crippen molar-refractivity contribution in [1.29, 1.82) is 0 Å². The van der Waals surface area contributed by atoms with Crippen LogP contribution in [0.3, 0.4) is 0 Å². The zero-order chi connectivity index (χ0) is 8.69. The van der Waals surface area contributed by atoms with E-state index in [4.69, 9.17) is 0 Å². The van der Waals surface area contributed by atoms with E-state index in [9.17, 15) is 4.79 Å². The first-order chi connectivity index (χ1) is 5.16. The molecule has 2 heteroatoms. The SMILES string of the molecule is CC(C)=CCCC(C)NC=O. The molecule has 0 aromatic rings. The van der Waals surface area contributed by atoms with Gasteiger partial charge in [-0.15, -0.1) is 0 Å². The lowest BCUT2D eigenvalue weighted by molar-refractivity contribution is -0.110. The van der Waals surface area contributed by atoms with E-state index in [1.54, 1.807) is 0 Å². The van der Waals surface area contributed by atoms with Crippen molar-refractivity contribution in [2.24, 2.45) is 0 Å². The smallest absolute Gasteiger partial charge is 0.207 e. The Kier molecular flexibility index (Phi) is 5.53. The highest BCUT2D eigenvalue weighted by Crippen LogP contribution is 1.99. The zero-order valence-electron chi connectivity index (χ0n) is 7.55. The second-order valence-electron chi connectivity index (χ2n) is 3.04. The average molecular weight is 155 g/mol. The Morgan fingerprint density at radius 3 is 2.64 bits per heavy atom. The van der Waals surface area contributed by atoms with Crippen LogP contribution in [0.15, 0.2) is 11.6 Å². The molecule has 64 valence electrons. The van der Waals surface area contributed by atoms with Gasteiger partial charge < -0.3 is 5.32 Å². The fourth-order valence-electron chi connectivity index (χ4n) is 0.821. The Morgan fingerprint density at radius 2 is 2.18 bits per heavy atom. The fraction of sp³-hybridized carbons (Fsp3) is 0.667. The molecule has 0 aromatic carbocycles. The van der Waals surface area contributed by atoms with E-state index in [2.05, 4.69) is 25.2 Å². The third kappa shape index (κ3) is 7.10. The topological polar surface area (TPSA) is 29.1 Å². The molecule has 1 amide bonds. The lowest BCUT2D eigenvalue weighted by Crippen LogP contribution is -2.23. The number of rotatable bonds is 5. The fourth-order valence-corrected chi connectivity index (χ4v) is 0.821. The third-order valence-electron chi connectivity index (χ3n) is 1.50. The van der Waals surface area contributed by atoms with Gasteiger partial charge >= 0.3 is 0 Å². The molecule has 1 N–H and O–H groups in total. The molecule has 0 spiro atoms. The van der Waals surface area contributed by atoms with Gasteiger partial charge in [0.2, 0.25) is 6.41 Å². The Balaban J connectivity index is 3.38. The maximum Gasteiger partial charge on any atom is 0.207 e. The van der Waals surface area contributed by atoms with Crippen molar-refractivity contribution in [3.8, 4) is 0 Å². The number of allylic oxidation sites excluding steroid dienone is 2. The number of hydrogen-bond acceptors (Lipinski definition) is 1. The molecule has 0 aromatic heterocycles. The minimum atomic E-state index is 0.295. The largest absolute Gasteiger partial charge is 0.356 e. The number of carbonyl (C=O) groups excluding carboxylic acids is 1. The standard InChI is InChI=1S/C9H17NO/c1-8(2)5-4-6-9(3)10-7-11/h5,7,9H,4,6H2,1-3H3,(H,10,11). The first kappa shape index (κ1) is 10.2. The van der Waals surface area contributed by atoms with Gasteiger partial charge in [0.1, 0.15) is 0 Å². The molecule has 0 saturated heterocycles. The van der Waals surface area contributed by atoms with Crippen LogP contribution in [0.5, 0.6) is 0 Å². The summed E-state index contributed by atoms with van der Waals surface area (Å²) in [5.74, 6) is 0. The molecule has 0 rings (SSSR count). The van der Waals surface area contributed by atoms with E-state index in [0.29, 0.717) is 6.04 Å². The molecule has 2 nitrogen and oxygen atoms in total. The number of hydrogen-bond donors (Lipinski definition) is 1. The molecule has 1 unspecified atom stereocenters. The van der Waals surface area contributed by atoms with Crippen LogP contribution in [-0.4, -0.2) is 12.5 Å². The molecule has 0 aliphatic rings. The maximum atomic E-state index is 9.99. The van der Waals surface area contributed by atoms with Crippen LogP contribution < -0.4 is 5.32 Å². The molecular weight excluding hydrogens is 138 g/mol. The molecule has 0 fully saturated rings. The van der Waals surface area contributed by atoms with Gasteiger partial charge in [0.25, 0.3) is 0 Å². The quantitative estimate of drug-likeness (QED) is 0.476. The predicted molar refractivity (Wildman–Crippen MR) is 47.3 cm³/mol. The van der Waals surface area contributed by atoms with Crippen molar-refractivity contribution in [1.82, 2.24) is 5.32 Å². The van der Waals surface area contributed by atoms with Gasteiger partial charge in [-0.05, 0) is 33.6 Å². The van der Waals surface area contributed by atoms with Crippen molar-refractivity contribution in [2.45, 2.75) is 39.7 Å². The van der Waals surface area contributed by atoms with Gasteiger partial charge in [-0.1, -0.05) is 11.6 Å². The van der Waals surface area contributed by atoms with Crippen LogP contribution in [0.1, 0.15) is 33.6 Å². The molecule has 0 saturated carbocycles. The second kappa shape index (κ2) is 5.96. The van der Waals surface area contributed by atoms with Crippen LogP contribution in [0, 0.1) is 0 Å². The van der Waals surface area contributed by atoms with Gasteiger partial charge in [-0.3, -0.25) is 4.79 Å². The maximum absolute atomic E-state index is 9.99. The number of nitrogens with one attached hydrogen (secondary N) is 1. The lowest BCUT2D eigenvalue weighted by Gasteiger charge is -2.06. The highest BCUT2D eigenvalue weighted by atomic mass is 16.1. The number of amides is 1. The summed E-state index contributed by atoms with van der Waals surface area (Å²) in [5, 5.41) is 2.71. The minimum absolute atomic E-state index is 0.295. The van der Waals surface area contributed by atoms with E-state index in [0.717, 1.165) is 19.3 Å². The van der Waals surface area contributed by atoms with Crippen LogP contribution in [0.4, 0.5) is 0 Å². The molecule has 0 radical (unpaired) electrons. The van der Waals surface area contributed by atoms with E-state index in [1.165, 1.54) is 5.57 Å². The van der Waals surface area contributed by atoms with E-state index >= 15 is 0 Å². The predicted octanol–water partition coefficient (Wildman–Crippen LogP) is 1.87. The normalized spacial score (nSPS) is 11.9. The van der Waals surface area contributed by atoms with E-state index in [-0.39, 0.29) is 0 Å². The highest BCUT2D eigenvalue weighted by Gasteiger charge is 1.95. The summed E-state index contributed by atoms with van der Waals surface area (Å²) >= 11 is 0. The highest BCUT2D eigenvalue weighted by molar-refractivity contribution is 5.46. The Morgan fingerprint density at radius 1 is 1.55 bits per heavy atom. The van der Waals surface area contributed by atoms with Crippen molar-refractivity contribution in [3.63, 3.8) is 0 Å². The summed E-state index contributed by atoms with van der Waals surface area (Å²) in [6.07, 6.45) is 5.00. The molecule has 0 aliphatic heterocycles. The average Bonchev–Trinajstić information content (AvgIpc) is 1.87. The monoisotopic (exact) mass is 155 g/mol. The van der Waals surface area contributed by atoms with Crippen molar-refractivity contribution in [3.05, 3.63) is 11.6 Å². The minimum Gasteiger partial charge on any atom is -0.356 e. The van der Waals surface area contributed by atoms with Crippen molar-refractivity contribution in [2.75, 3.05) is 0 Å². The molecule has 0 aliphatic carbocycles. The second-order valence-corrected chi connectivity index (χ2v) is 3.04. The molecular formula is C9H17NO. The van der Waals surface area contributed by atoms with Crippen LogP contribution in [0.2, 0.25) is 0 Å². The summed E-state index contributed by atoms with van der Waals surface area (Å²) in [6.45, 7) is 6.17. The van der Waals surface area contributed by atoms with Gasteiger partial charge in [0.15, 0.2) is 0 Å². The molecule has 0 heterocycles. The summed E-state index contributed by atoms with van der Waals surface area (Å²) in [6, 6.07) is 0.295. The first-order valence-electron chi connectivity index (χ1n) is 4.00. The van der Waals surface area contributed by atoms with Gasteiger partial charge in [0, 0.05) is 6.04 Å². The summed E-state index contributed by atoms with van der Waals surface area (Å²) in [4.78, 5) is 9.99. The van der Waals surface area contributed by atoms with E-state index in [1.807, 2.05) is 6.92 Å². The van der Waals surface area contributed by atoms with Gasteiger partial charge in [0.05, 0.1) is 0 Å². The number of carbonyl (C=O) groups is 1. The lowest BCUT2D eigenvalue weighted by atomic mass is 10.1. The first-order valence-corrected chi connectivity index (χ1v) is 4.00. The molecule has 0 bridgehead atoms. The Bertz CT molecular complexity index is 136.